The number of pyridine rings is 1. The monoisotopic (exact) mass is 328 g/mol. The lowest BCUT2D eigenvalue weighted by atomic mass is 10.2. The maximum Gasteiger partial charge on any atom is 0.387 e. The maximum atomic E-state index is 12.2. The van der Waals surface area contributed by atoms with Crippen molar-refractivity contribution >= 4 is 5.95 Å². The summed E-state index contributed by atoms with van der Waals surface area (Å²) in [6.45, 7) is -2.45. The second kappa shape index (κ2) is 7.45. The van der Waals surface area contributed by atoms with Gasteiger partial charge in [0.2, 0.25) is 5.95 Å². The lowest BCUT2D eigenvalue weighted by molar-refractivity contribution is -0.0498. The van der Waals surface area contributed by atoms with Gasteiger partial charge < -0.3 is 10.1 Å². The Labute approximate surface area is 137 Å². The van der Waals surface area contributed by atoms with Gasteiger partial charge in [-0.1, -0.05) is 12.1 Å². The van der Waals surface area contributed by atoms with E-state index in [4.69, 9.17) is 0 Å². The summed E-state index contributed by atoms with van der Waals surface area (Å²) in [6, 6.07) is 12.0. The first-order valence-corrected chi connectivity index (χ1v) is 7.22. The van der Waals surface area contributed by atoms with Crippen LogP contribution in [0.5, 0.6) is 5.75 Å². The van der Waals surface area contributed by atoms with Crippen LogP contribution in [0.3, 0.4) is 0 Å². The van der Waals surface area contributed by atoms with Crippen LogP contribution in [0.4, 0.5) is 14.7 Å². The fourth-order valence-electron chi connectivity index (χ4n) is 2.13. The summed E-state index contributed by atoms with van der Waals surface area (Å²) in [5.74, 6) is 0.561. The molecule has 5 nitrogen and oxygen atoms in total. The van der Waals surface area contributed by atoms with E-state index in [1.807, 2.05) is 12.1 Å². The molecule has 0 bridgehead atoms. The normalized spacial score (nSPS) is 10.6. The molecule has 1 N–H and O–H groups in total. The molecule has 7 heteroatoms. The first-order valence-electron chi connectivity index (χ1n) is 7.22. The van der Waals surface area contributed by atoms with Gasteiger partial charge in [0.05, 0.1) is 5.69 Å². The van der Waals surface area contributed by atoms with E-state index in [2.05, 4.69) is 25.0 Å². The van der Waals surface area contributed by atoms with Crippen molar-refractivity contribution in [3.05, 3.63) is 66.6 Å². The van der Waals surface area contributed by atoms with Crippen LogP contribution < -0.4 is 10.1 Å². The molecule has 0 unspecified atom stereocenters. The van der Waals surface area contributed by atoms with Gasteiger partial charge in [0.1, 0.15) is 5.75 Å². The van der Waals surface area contributed by atoms with Gasteiger partial charge in [0.25, 0.3) is 0 Å². The summed E-state index contributed by atoms with van der Waals surface area (Å²) in [5.41, 5.74) is 2.41. The molecule has 0 aliphatic heterocycles. The second-order valence-electron chi connectivity index (χ2n) is 4.89. The predicted octanol–water partition coefficient (Wildman–Crippen LogP) is 3.75. The number of benzene rings is 1. The first kappa shape index (κ1) is 15.8. The molecule has 0 amide bonds. The Morgan fingerprint density at radius 2 is 2.00 bits per heavy atom. The molecule has 0 saturated carbocycles. The van der Waals surface area contributed by atoms with Gasteiger partial charge >= 0.3 is 6.61 Å². The summed E-state index contributed by atoms with van der Waals surface area (Å²) >= 11 is 0. The number of nitrogens with one attached hydrogen (secondary N) is 1. The fourth-order valence-corrected chi connectivity index (χ4v) is 2.13. The highest BCUT2D eigenvalue weighted by Gasteiger charge is 2.06. The zero-order chi connectivity index (χ0) is 16.8. The van der Waals surface area contributed by atoms with E-state index in [0.717, 1.165) is 16.8 Å². The Balaban J connectivity index is 1.69. The van der Waals surface area contributed by atoms with Crippen LogP contribution in [0, 0.1) is 0 Å². The molecule has 0 atom stereocenters. The van der Waals surface area contributed by atoms with Crippen molar-refractivity contribution in [2.24, 2.45) is 0 Å². The quantitative estimate of drug-likeness (QED) is 0.747. The third kappa shape index (κ3) is 4.22. The summed E-state index contributed by atoms with van der Waals surface area (Å²) in [7, 11) is 0. The number of aromatic nitrogens is 3. The van der Waals surface area contributed by atoms with Crippen LogP contribution in [0.1, 0.15) is 5.56 Å². The Morgan fingerprint density at radius 1 is 1.08 bits per heavy atom. The number of ether oxygens (including phenoxy) is 1. The third-order valence-corrected chi connectivity index (χ3v) is 3.19. The van der Waals surface area contributed by atoms with E-state index in [1.165, 1.54) is 6.07 Å². The lowest BCUT2D eigenvalue weighted by Crippen LogP contribution is -2.05. The number of alkyl halides is 2. The Kier molecular flexibility index (Phi) is 4.90. The average Bonchev–Trinajstić information content (AvgIpc) is 2.61. The van der Waals surface area contributed by atoms with Gasteiger partial charge in [-0.15, -0.1) is 0 Å². The minimum Gasteiger partial charge on any atom is -0.435 e. The fraction of sp³-hybridized carbons (Fsp3) is 0.118. The van der Waals surface area contributed by atoms with Crippen LogP contribution in [-0.2, 0) is 6.54 Å². The summed E-state index contributed by atoms with van der Waals surface area (Å²) in [4.78, 5) is 12.6. The molecule has 24 heavy (non-hydrogen) atoms. The molecular formula is C17H14F2N4O. The minimum atomic E-state index is -2.84. The highest BCUT2D eigenvalue weighted by atomic mass is 19.3. The van der Waals surface area contributed by atoms with Crippen molar-refractivity contribution in [3.63, 3.8) is 0 Å². The van der Waals surface area contributed by atoms with Crippen LogP contribution in [-0.4, -0.2) is 21.6 Å². The summed E-state index contributed by atoms with van der Waals surface area (Å²) in [6.07, 6.45) is 5.06. The molecule has 3 aromatic rings. The molecule has 2 heterocycles. The Hall–Kier alpha value is -3.09. The van der Waals surface area contributed by atoms with Gasteiger partial charge in [-0.25, -0.2) is 9.97 Å². The predicted molar refractivity (Wildman–Crippen MR) is 85.7 cm³/mol. The van der Waals surface area contributed by atoms with Crippen molar-refractivity contribution in [3.8, 4) is 17.0 Å². The van der Waals surface area contributed by atoms with E-state index >= 15 is 0 Å². The van der Waals surface area contributed by atoms with Gasteiger partial charge in [-0.2, -0.15) is 8.78 Å². The Bertz CT molecular complexity index is 799. The topological polar surface area (TPSA) is 59.9 Å². The number of nitrogens with zero attached hydrogens (tertiary/aromatic N) is 3. The molecule has 0 fully saturated rings. The van der Waals surface area contributed by atoms with Gasteiger partial charge in [-0.05, 0) is 35.9 Å². The Morgan fingerprint density at radius 3 is 2.79 bits per heavy atom. The van der Waals surface area contributed by atoms with E-state index < -0.39 is 6.61 Å². The zero-order valence-corrected chi connectivity index (χ0v) is 12.6. The van der Waals surface area contributed by atoms with Crippen molar-refractivity contribution in [1.82, 2.24) is 15.0 Å². The number of hydrogen-bond acceptors (Lipinski definition) is 5. The van der Waals surface area contributed by atoms with Crippen LogP contribution in [0.25, 0.3) is 11.3 Å². The minimum absolute atomic E-state index is 0.120. The number of rotatable bonds is 6. The molecular weight excluding hydrogens is 314 g/mol. The van der Waals surface area contributed by atoms with Crippen molar-refractivity contribution < 1.29 is 13.5 Å². The third-order valence-electron chi connectivity index (χ3n) is 3.19. The number of anilines is 1. The molecule has 122 valence electrons. The van der Waals surface area contributed by atoms with Crippen molar-refractivity contribution in [2.45, 2.75) is 13.2 Å². The van der Waals surface area contributed by atoms with E-state index in [-0.39, 0.29) is 5.75 Å². The van der Waals surface area contributed by atoms with Crippen LogP contribution in [0.2, 0.25) is 0 Å². The zero-order valence-electron chi connectivity index (χ0n) is 12.6. The molecule has 2 aromatic heterocycles. The summed E-state index contributed by atoms with van der Waals surface area (Å²) < 4.78 is 28.9. The van der Waals surface area contributed by atoms with Crippen LogP contribution in [0.15, 0.2) is 61.1 Å². The maximum absolute atomic E-state index is 12.2. The SMILES string of the molecule is FC(F)Oc1cccc(CNc2nccc(-c3cccnc3)n2)c1. The van der Waals surface area contributed by atoms with E-state index in [1.54, 1.807) is 42.9 Å². The molecule has 3 rings (SSSR count). The van der Waals surface area contributed by atoms with E-state index in [9.17, 15) is 8.78 Å². The molecule has 0 radical (unpaired) electrons. The van der Waals surface area contributed by atoms with Gasteiger partial charge in [-0.3, -0.25) is 4.98 Å². The molecule has 0 aliphatic carbocycles. The molecule has 1 aromatic carbocycles. The first-order chi connectivity index (χ1) is 11.7. The average molecular weight is 328 g/mol. The molecule has 0 aliphatic rings. The number of hydrogen-bond donors (Lipinski definition) is 1. The highest BCUT2D eigenvalue weighted by Crippen LogP contribution is 2.18. The smallest absolute Gasteiger partial charge is 0.387 e. The molecule has 0 saturated heterocycles. The van der Waals surface area contributed by atoms with Gasteiger partial charge in [0, 0.05) is 30.7 Å². The standard InChI is InChI=1S/C17H14F2N4O/c18-16(19)24-14-5-1-3-12(9-14)10-22-17-21-8-6-15(23-17)13-4-2-7-20-11-13/h1-9,11,16H,10H2,(H,21,22,23). The molecule has 0 spiro atoms. The lowest BCUT2D eigenvalue weighted by Gasteiger charge is -2.09. The largest absolute Gasteiger partial charge is 0.435 e. The van der Waals surface area contributed by atoms with Crippen molar-refractivity contribution in [2.75, 3.05) is 5.32 Å². The van der Waals surface area contributed by atoms with E-state index in [0.29, 0.717) is 12.5 Å². The highest BCUT2D eigenvalue weighted by molar-refractivity contribution is 5.58. The van der Waals surface area contributed by atoms with Crippen LogP contribution >= 0.6 is 0 Å². The number of halogens is 2. The van der Waals surface area contributed by atoms with Crippen molar-refractivity contribution in [1.29, 1.82) is 0 Å². The second-order valence-corrected chi connectivity index (χ2v) is 4.89. The summed E-state index contributed by atoms with van der Waals surface area (Å²) in [5, 5.41) is 3.07. The van der Waals surface area contributed by atoms with Gasteiger partial charge in [0.15, 0.2) is 0 Å².